The summed E-state index contributed by atoms with van der Waals surface area (Å²) < 4.78 is 17.3. The third-order valence-electron chi connectivity index (χ3n) is 4.19. The molecule has 1 aliphatic rings. The second-order valence-electron chi connectivity index (χ2n) is 6.29. The molecule has 1 unspecified atom stereocenters. The van der Waals surface area contributed by atoms with Gasteiger partial charge in [-0.15, -0.1) is 0 Å². The Labute approximate surface area is 150 Å². The Balaban J connectivity index is 1.57. The standard InChI is InChI=1S/C21H27NO3/c1-2-12-23-18-8-5-7-17(14-18)15-22-20-10-3-4-11-21(20)25-16-19-9-6-13-24-19/h3-5,7-8,10-11,14,19,22H,2,6,9,12-13,15-16H2,1H3. The second kappa shape index (κ2) is 9.33. The second-order valence-corrected chi connectivity index (χ2v) is 6.29. The Morgan fingerprint density at radius 3 is 2.88 bits per heavy atom. The van der Waals surface area contributed by atoms with Gasteiger partial charge in [0.25, 0.3) is 0 Å². The van der Waals surface area contributed by atoms with Crippen LogP contribution in [0.4, 0.5) is 5.69 Å². The highest BCUT2D eigenvalue weighted by molar-refractivity contribution is 5.56. The van der Waals surface area contributed by atoms with Gasteiger partial charge in [-0.3, -0.25) is 0 Å². The van der Waals surface area contributed by atoms with Crippen molar-refractivity contribution in [3.63, 3.8) is 0 Å². The monoisotopic (exact) mass is 341 g/mol. The third-order valence-corrected chi connectivity index (χ3v) is 4.19. The quantitative estimate of drug-likeness (QED) is 0.721. The average molecular weight is 341 g/mol. The van der Waals surface area contributed by atoms with Crippen molar-refractivity contribution in [2.45, 2.75) is 38.8 Å². The van der Waals surface area contributed by atoms with Gasteiger partial charge < -0.3 is 19.5 Å². The van der Waals surface area contributed by atoms with Gasteiger partial charge in [-0.25, -0.2) is 0 Å². The van der Waals surface area contributed by atoms with Crippen molar-refractivity contribution in [2.75, 3.05) is 25.1 Å². The van der Waals surface area contributed by atoms with E-state index in [9.17, 15) is 0 Å². The minimum Gasteiger partial charge on any atom is -0.494 e. The lowest BCUT2D eigenvalue weighted by Crippen LogP contribution is -2.16. The van der Waals surface area contributed by atoms with E-state index in [4.69, 9.17) is 14.2 Å². The Kier molecular flexibility index (Phi) is 6.57. The number of benzene rings is 2. The highest BCUT2D eigenvalue weighted by Crippen LogP contribution is 2.26. The molecule has 0 aliphatic carbocycles. The number of hydrogen-bond acceptors (Lipinski definition) is 4. The summed E-state index contributed by atoms with van der Waals surface area (Å²) in [5.74, 6) is 1.79. The van der Waals surface area contributed by atoms with Gasteiger partial charge in [0.05, 0.1) is 18.4 Å². The van der Waals surface area contributed by atoms with E-state index in [1.807, 2.05) is 36.4 Å². The molecule has 4 heteroatoms. The van der Waals surface area contributed by atoms with Crippen molar-refractivity contribution < 1.29 is 14.2 Å². The van der Waals surface area contributed by atoms with Crippen molar-refractivity contribution >= 4 is 5.69 Å². The SMILES string of the molecule is CCCOc1cccc(CNc2ccccc2OCC2CCCO2)c1. The van der Waals surface area contributed by atoms with Crippen molar-refractivity contribution in [3.8, 4) is 11.5 Å². The zero-order chi connectivity index (χ0) is 17.3. The van der Waals surface area contributed by atoms with Crippen LogP contribution >= 0.6 is 0 Å². The molecule has 1 heterocycles. The molecule has 2 aromatic carbocycles. The van der Waals surface area contributed by atoms with Crippen LogP contribution < -0.4 is 14.8 Å². The first-order valence-corrected chi connectivity index (χ1v) is 9.14. The van der Waals surface area contributed by atoms with E-state index < -0.39 is 0 Å². The predicted molar refractivity (Wildman–Crippen MR) is 100 cm³/mol. The van der Waals surface area contributed by atoms with Crippen molar-refractivity contribution in [2.24, 2.45) is 0 Å². The molecule has 1 N–H and O–H groups in total. The van der Waals surface area contributed by atoms with Crippen LogP contribution in [0, 0.1) is 0 Å². The summed E-state index contributed by atoms with van der Waals surface area (Å²) in [4.78, 5) is 0. The summed E-state index contributed by atoms with van der Waals surface area (Å²) in [6.07, 6.45) is 3.45. The highest BCUT2D eigenvalue weighted by atomic mass is 16.5. The van der Waals surface area contributed by atoms with Crippen molar-refractivity contribution in [1.29, 1.82) is 0 Å². The molecule has 0 bridgehead atoms. The number of para-hydroxylation sites is 2. The molecular formula is C21H27NO3. The van der Waals surface area contributed by atoms with Crippen LogP contribution in [0.2, 0.25) is 0 Å². The van der Waals surface area contributed by atoms with Gasteiger partial charge in [-0.05, 0) is 49.1 Å². The lowest BCUT2D eigenvalue weighted by Gasteiger charge is -2.16. The summed E-state index contributed by atoms with van der Waals surface area (Å²) in [7, 11) is 0. The Hall–Kier alpha value is -2.20. The van der Waals surface area contributed by atoms with Gasteiger partial charge in [0.15, 0.2) is 0 Å². The first-order chi connectivity index (χ1) is 12.3. The highest BCUT2D eigenvalue weighted by Gasteiger charge is 2.16. The van der Waals surface area contributed by atoms with Crippen LogP contribution in [-0.2, 0) is 11.3 Å². The van der Waals surface area contributed by atoms with Crippen LogP contribution in [0.3, 0.4) is 0 Å². The van der Waals surface area contributed by atoms with Gasteiger partial charge in [-0.2, -0.15) is 0 Å². The Bertz CT molecular complexity index is 653. The van der Waals surface area contributed by atoms with Crippen LogP contribution in [0.1, 0.15) is 31.7 Å². The lowest BCUT2D eigenvalue weighted by molar-refractivity contribution is 0.0682. The fourth-order valence-corrected chi connectivity index (χ4v) is 2.86. The normalized spacial score (nSPS) is 16.6. The van der Waals surface area contributed by atoms with Crippen LogP contribution in [0.25, 0.3) is 0 Å². The van der Waals surface area contributed by atoms with Gasteiger partial charge >= 0.3 is 0 Å². The zero-order valence-corrected chi connectivity index (χ0v) is 14.9. The van der Waals surface area contributed by atoms with Crippen molar-refractivity contribution in [1.82, 2.24) is 0 Å². The van der Waals surface area contributed by atoms with E-state index in [1.54, 1.807) is 0 Å². The molecule has 0 amide bonds. The molecule has 0 radical (unpaired) electrons. The zero-order valence-electron chi connectivity index (χ0n) is 14.9. The number of rotatable bonds is 9. The number of nitrogens with one attached hydrogen (secondary N) is 1. The molecule has 1 saturated heterocycles. The van der Waals surface area contributed by atoms with Crippen molar-refractivity contribution in [3.05, 3.63) is 54.1 Å². The minimum atomic E-state index is 0.223. The maximum Gasteiger partial charge on any atom is 0.142 e. The molecule has 0 saturated carbocycles. The summed E-state index contributed by atoms with van der Waals surface area (Å²) in [6, 6.07) is 16.3. The molecule has 4 nitrogen and oxygen atoms in total. The number of ether oxygens (including phenoxy) is 3. The molecular weight excluding hydrogens is 314 g/mol. The molecule has 25 heavy (non-hydrogen) atoms. The molecule has 3 rings (SSSR count). The maximum absolute atomic E-state index is 5.97. The van der Waals surface area contributed by atoms with E-state index in [0.717, 1.165) is 56.2 Å². The molecule has 134 valence electrons. The van der Waals surface area contributed by atoms with Gasteiger partial charge in [-0.1, -0.05) is 31.2 Å². The van der Waals surface area contributed by atoms with E-state index in [-0.39, 0.29) is 6.10 Å². The molecule has 1 fully saturated rings. The lowest BCUT2D eigenvalue weighted by atomic mass is 10.2. The molecule has 0 spiro atoms. The largest absolute Gasteiger partial charge is 0.494 e. The number of hydrogen-bond donors (Lipinski definition) is 1. The first-order valence-electron chi connectivity index (χ1n) is 9.14. The van der Waals surface area contributed by atoms with Gasteiger partial charge in [0.2, 0.25) is 0 Å². The number of anilines is 1. The van der Waals surface area contributed by atoms with E-state index >= 15 is 0 Å². The fourth-order valence-electron chi connectivity index (χ4n) is 2.86. The van der Waals surface area contributed by atoms with Crippen LogP contribution in [-0.4, -0.2) is 25.9 Å². The van der Waals surface area contributed by atoms with E-state index in [2.05, 4.69) is 24.4 Å². The van der Waals surface area contributed by atoms with Crippen LogP contribution in [0.15, 0.2) is 48.5 Å². The van der Waals surface area contributed by atoms with Crippen LogP contribution in [0.5, 0.6) is 11.5 Å². The van der Waals surface area contributed by atoms with E-state index in [0.29, 0.717) is 6.61 Å². The minimum absolute atomic E-state index is 0.223. The predicted octanol–water partition coefficient (Wildman–Crippen LogP) is 4.65. The smallest absolute Gasteiger partial charge is 0.142 e. The Morgan fingerprint density at radius 1 is 1.12 bits per heavy atom. The summed E-state index contributed by atoms with van der Waals surface area (Å²) in [5, 5.41) is 3.47. The van der Waals surface area contributed by atoms with Gasteiger partial charge in [0, 0.05) is 13.2 Å². The van der Waals surface area contributed by atoms with Gasteiger partial charge in [0.1, 0.15) is 18.1 Å². The third kappa shape index (κ3) is 5.40. The molecule has 1 aliphatic heterocycles. The first kappa shape index (κ1) is 17.6. The van der Waals surface area contributed by atoms with E-state index in [1.165, 1.54) is 5.56 Å². The summed E-state index contributed by atoms with van der Waals surface area (Å²) in [5.41, 5.74) is 2.18. The molecule has 2 aromatic rings. The fraction of sp³-hybridized carbons (Fsp3) is 0.429. The molecule has 1 atom stereocenters. The maximum atomic E-state index is 5.97. The molecule has 0 aromatic heterocycles. The average Bonchev–Trinajstić information content (AvgIpc) is 3.17. The summed E-state index contributed by atoms with van der Waals surface area (Å²) >= 11 is 0. The Morgan fingerprint density at radius 2 is 2.04 bits per heavy atom. The summed E-state index contributed by atoms with van der Waals surface area (Å²) in [6.45, 7) is 5.04. The topological polar surface area (TPSA) is 39.7 Å².